The van der Waals surface area contributed by atoms with Crippen LogP contribution in [0, 0.1) is 0 Å². The van der Waals surface area contributed by atoms with Crippen LogP contribution in [-0.2, 0) is 11.1 Å². The number of hydrogen-bond acceptors (Lipinski definition) is 3. The Labute approximate surface area is 82.1 Å². The number of imidazole rings is 1. The molecule has 2 unspecified atom stereocenters. The van der Waals surface area contributed by atoms with Gasteiger partial charge in [-0.3, -0.25) is 0 Å². The van der Waals surface area contributed by atoms with Gasteiger partial charge in [-0.25, -0.2) is 9.19 Å². The van der Waals surface area contributed by atoms with Crippen LogP contribution in [-0.4, -0.2) is 23.8 Å². The molecule has 3 N–H and O–H groups in total. The summed E-state index contributed by atoms with van der Waals surface area (Å²) < 4.78 is 19.2. The normalized spacial score (nSPS) is 15.6. The first-order valence-corrected chi connectivity index (χ1v) is 5.08. The van der Waals surface area contributed by atoms with Crippen molar-refractivity contribution in [3.05, 3.63) is 30.1 Å². The van der Waals surface area contributed by atoms with E-state index >= 15 is 0 Å². The first-order valence-electron chi connectivity index (χ1n) is 3.91. The molecule has 0 saturated heterocycles. The van der Waals surface area contributed by atoms with Crippen LogP contribution in [0.1, 0.15) is 11.3 Å². The average Bonchev–Trinajstić information content (AvgIpc) is 2.59. The molecule has 0 saturated carbocycles. The van der Waals surface area contributed by atoms with Gasteiger partial charge in [0.2, 0.25) is 5.44 Å². The van der Waals surface area contributed by atoms with Crippen molar-refractivity contribution >= 4 is 22.1 Å². The van der Waals surface area contributed by atoms with Crippen molar-refractivity contribution in [2.45, 2.75) is 5.44 Å². The Hall–Kier alpha value is -1.24. The number of nitrogens with one attached hydrogen (secondary N) is 1. The van der Waals surface area contributed by atoms with E-state index in [-0.39, 0.29) is 5.82 Å². The van der Waals surface area contributed by atoms with E-state index in [0.29, 0.717) is 5.52 Å². The highest BCUT2D eigenvalue weighted by Crippen LogP contribution is 2.16. The van der Waals surface area contributed by atoms with E-state index in [9.17, 15) is 9.32 Å². The summed E-state index contributed by atoms with van der Waals surface area (Å²) in [5.41, 5.74) is -0.0959. The van der Waals surface area contributed by atoms with Crippen LogP contribution in [0.2, 0.25) is 0 Å². The zero-order valence-electron chi connectivity index (χ0n) is 7.04. The molecule has 0 radical (unpaired) electrons. The Balaban J connectivity index is 2.50. The third-order valence-corrected chi connectivity index (χ3v) is 2.44. The second kappa shape index (κ2) is 3.49. The molecule has 0 amide bonds. The molecule has 2 rings (SSSR count). The molecule has 0 aliphatic rings. The van der Waals surface area contributed by atoms with Crippen molar-refractivity contribution in [1.29, 1.82) is 0 Å². The summed E-state index contributed by atoms with van der Waals surface area (Å²) in [6.45, 7) is 0. The number of H-pyrrole nitrogens is 1. The van der Waals surface area contributed by atoms with Gasteiger partial charge in [0.25, 0.3) is 0 Å². The molecule has 0 aliphatic heterocycles. The van der Waals surface area contributed by atoms with Crippen molar-refractivity contribution in [2.75, 3.05) is 0 Å². The fraction of sp³-hybridized carbons (Fsp3) is 0.125. The van der Waals surface area contributed by atoms with Gasteiger partial charge in [0.1, 0.15) is 0 Å². The van der Waals surface area contributed by atoms with Gasteiger partial charge in [0.05, 0.1) is 11.0 Å². The predicted octanol–water partition coefficient (Wildman–Crippen LogP) is 0.775. The van der Waals surface area contributed by atoms with Crippen molar-refractivity contribution in [3.8, 4) is 0 Å². The van der Waals surface area contributed by atoms with Crippen LogP contribution in [0.25, 0.3) is 11.0 Å². The Morgan fingerprint density at radius 1 is 1.43 bits per heavy atom. The van der Waals surface area contributed by atoms with Crippen molar-refractivity contribution in [1.82, 2.24) is 9.97 Å². The number of aliphatic hydroxyl groups excluding tert-OH is 1. The Bertz CT molecular complexity index is 449. The zero-order chi connectivity index (χ0) is 10.1. The zero-order valence-corrected chi connectivity index (χ0v) is 7.86. The van der Waals surface area contributed by atoms with Crippen LogP contribution in [0.4, 0.5) is 0 Å². The van der Waals surface area contributed by atoms with Crippen molar-refractivity contribution < 1.29 is 13.9 Å². The lowest BCUT2D eigenvalue weighted by atomic mass is 10.3. The standard InChI is InChI=1S/C8H8N2O3S/c11-8(14(12)13)7-9-5-3-1-2-4-6(5)10-7/h1-4,8,11H,(H,9,10)(H,12,13). The van der Waals surface area contributed by atoms with E-state index in [0.717, 1.165) is 5.52 Å². The molecule has 5 nitrogen and oxygen atoms in total. The Morgan fingerprint density at radius 2 is 2.14 bits per heavy atom. The van der Waals surface area contributed by atoms with Gasteiger partial charge in [0, 0.05) is 0 Å². The number of aliphatic hydroxyl groups is 1. The predicted molar refractivity (Wildman–Crippen MR) is 51.8 cm³/mol. The summed E-state index contributed by atoms with van der Waals surface area (Å²) in [5.74, 6) is 0.104. The van der Waals surface area contributed by atoms with Crippen LogP contribution >= 0.6 is 0 Å². The molecule has 2 aromatic rings. The molecule has 74 valence electrons. The van der Waals surface area contributed by atoms with E-state index in [2.05, 4.69) is 9.97 Å². The van der Waals surface area contributed by atoms with Gasteiger partial charge in [-0.15, -0.1) is 0 Å². The van der Waals surface area contributed by atoms with E-state index < -0.39 is 16.5 Å². The van der Waals surface area contributed by atoms with Gasteiger partial charge in [-0.05, 0) is 12.1 Å². The number of hydrogen-bond donors (Lipinski definition) is 3. The lowest BCUT2D eigenvalue weighted by Gasteiger charge is -1.99. The Kier molecular flexibility index (Phi) is 2.32. The number of aromatic nitrogens is 2. The molecule has 0 fully saturated rings. The van der Waals surface area contributed by atoms with Crippen molar-refractivity contribution in [3.63, 3.8) is 0 Å². The highest BCUT2D eigenvalue weighted by Gasteiger charge is 2.17. The monoisotopic (exact) mass is 212 g/mol. The molecule has 14 heavy (non-hydrogen) atoms. The summed E-state index contributed by atoms with van der Waals surface area (Å²) in [7, 11) is 0. The quantitative estimate of drug-likeness (QED) is 0.642. The van der Waals surface area contributed by atoms with E-state index in [1.807, 2.05) is 6.07 Å². The summed E-state index contributed by atoms with van der Waals surface area (Å²) >= 11 is -2.33. The first-order chi connectivity index (χ1) is 6.68. The van der Waals surface area contributed by atoms with Gasteiger partial charge >= 0.3 is 0 Å². The topological polar surface area (TPSA) is 86.2 Å². The van der Waals surface area contributed by atoms with Gasteiger partial charge in [-0.2, -0.15) is 0 Å². The fourth-order valence-corrected chi connectivity index (χ4v) is 1.49. The average molecular weight is 212 g/mol. The first kappa shape index (κ1) is 9.32. The largest absolute Gasteiger partial charge is 0.371 e. The summed E-state index contributed by atoms with van der Waals surface area (Å²) in [4.78, 5) is 6.74. The molecule has 6 heteroatoms. The van der Waals surface area contributed by atoms with Gasteiger partial charge in [0.15, 0.2) is 16.9 Å². The summed E-state index contributed by atoms with van der Waals surface area (Å²) in [6, 6.07) is 7.14. The van der Waals surface area contributed by atoms with Gasteiger partial charge < -0.3 is 14.6 Å². The molecular formula is C8H8N2O3S. The van der Waals surface area contributed by atoms with Crippen LogP contribution in [0.3, 0.4) is 0 Å². The number of aromatic amines is 1. The highest BCUT2D eigenvalue weighted by atomic mass is 32.2. The number of nitrogens with zero attached hydrogens (tertiary/aromatic N) is 1. The lowest BCUT2D eigenvalue weighted by Crippen LogP contribution is -2.05. The molecular weight excluding hydrogens is 204 g/mol. The van der Waals surface area contributed by atoms with E-state index in [4.69, 9.17) is 4.55 Å². The van der Waals surface area contributed by atoms with Crippen LogP contribution in [0.15, 0.2) is 24.3 Å². The second-order valence-electron chi connectivity index (χ2n) is 2.77. The molecule has 2 atom stereocenters. The smallest absolute Gasteiger partial charge is 0.213 e. The van der Waals surface area contributed by atoms with Gasteiger partial charge in [-0.1, -0.05) is 12.1 Å². The third kappa shape index (κ3) is 1.54. The minimum Gasteiger partial charge on any atom is -0.371 e. The van der Waals surface area contributed by atoms with Crippen LogP contribution < -0.4 is 0 Å². The molecule has 0 spiro atoms. The molecule has 1 heterocycles. The molecule has 0 aliphatic carbocycles. The number of rotatable bonds is 2. The third-order valence-electron chi connectivity index (χ3n) is 1.83. The fourth-order valence-electron chi connectivity index (χ4n) is 1.18. The Morgan fingerprint density at radius 3 is 2.79 bits per heavy atom. The number of fused-ring (bicyclic) bond motifs is 1. The maximum absolute atomic E-state index is 10.6. The molecule has 1 aromatic heterocycles. The maximum Gasteiger partial charge on any atom is 0.213 e. The summed E-state index contributed by atoms with van der Waals surface area (Å²) in [6.07, 6.45) is 0. The van der Waals surface area contributed by atoms with E-state index in [1.54, 1.807) is 18.2 Å². The molecule has 0 bridgehead atoms. The number of benzene rings is 1. The minimum absolute atomic E-state index is 0.104. The summed E-state index contributed by atoms with van der Waals surface area (Å²) in [5, 5.41) is 9.25. The second-order valence-corrected chi connectivity index (χ2v) is 3.77. The minimum atomic E-state index is -2.33. The van der Waals surface area contributed by atoms with Crippen LogP contribution in [0.5, 0.6) is 0 Å². The number of para-hydroxylation sites is 2. The SMILES string of the molecule is O=S(O)C(O)c1nc2ccccc2[nH]1. The molecule has 1 aromatic carbocycles. The van der Waals surface area contributed by atoms with E-state index in [1.165, 1.54) is 0 Å². The maximum atomic E-state index is 10.6. The highest BCUT2D eigenvalue weighted by molar-refractivity contribution is 7.79. The lowest BCUT2D eigenvalue weighted by molar-refractivity contribution is 0.243. The van der Waals surface area contributed by atoms with Crippen molar-refractivity contribution in [2.24, 2.45) is 0 Å².